The summed E-state index contributed by atoms with van der Waals surface area (Å²) in [6.45, 7) is -1.96. The van der Waals surface area contributed by atoms with E-state index in [-0.39, 0.29) is 0 Å². The van der Waals surface area contributed by atoms with Crippen LogP contribution in [-0.4, -0.2) is 21.9 Å². The molecule has 0 N–H and O–H groups in total. The van der Waals surface area contributed by atoms with Gasteiger partial charge in [0.25, 0.3) is 0 Å². The minimum Gasteiger partial charge on any atom is -0.255 e. The number of nitrogens with zero attached hydrogens (tertiary/aromatic N) is 3. The summed E-state index contributed by atoms with van der Waals surface area (Å²) < 4.78 is 3.99. The van der Waals surface area contributed by atoms with Crippen molar-refractivity contribution < 1.29 is 0 Å². The maximum absolute atomic E-state index is 4.42. The molecule has 0 fully saturated rings. The molecule has 0 saturated heterocycles. The third-order valence-corrected chi connectivity index (χ3v) is 8.22. The van der Waals surface area contributed by atoms with Gasteiger partial charge < -0.3 is 0 Å². The zero-order valence-electron chi connectivity index (χ0n) is 9.50. The summed E-state index contributed by atoms with van der Waals surface area (Å²) in [7, 11) is 0. The fourth-order valence-corrected chi connectivity index (χ4v) is 8.02. The number of hydrogen-bond acceptors (Lipinski definition) is 4. The molecule has 2 heterocycles. The minimum absolute atomic E-state index is 0.915. The van der Waals surface area contributed by atoms with Crippen molar-refractivity contribution in [2.24, 2.45) is 3.21 Å². The first-order chi connectivity index (χ1) is 9.03. The van der Waals surface area contributed by atoms with E-state index in [1.807, 2.05) is 36.4 Å². The van der Waals surface area contributed by atoms with Crippen LogP contribution in [0.3, 0.4) is 0 Å². The van der Waals surface area contributed by atoms with E-state index < -0.39 is 6.75 Å². The second kappa shape index (κ2) is 9.92. The van der Waals surface area contributed by atoms with Gasteiger partial charge in [-0.1, -0.05) is 12.1 Å². The van der Waals surface area contributed by atoms with Crippen molar-refractivity contribution in [2.75, 3.05) is 0 Å². The van der Waals surface area contributed by atoms with Crippen LogP contribution in [0.4, 0.5) is 0 Å². The van der Waals surface area contributed by atoms with Gasteiger partial charge >= 0.3 is 83.2 Å². The van der Waals surface area contributed by atoms with E-state index in [2.05, 4.69) is 86.5 Å². The van der Waals surface area contributed by atoms with E-state index in [0.29, 0.717) is 0 Å². The number of pyridine rings is 2. The Morgan fingerprint density at radius 1 is 0.947 bits per heavy atom. The van der Waals surface area contributed by atoms with Crippen molar-refractivity contribution in [1.29, 1.82) is 0 Å². The first-order valence-electron chi connectivity index (χ1n) is 5.01. The van der Waals surface area contributed by atoms with Gasteiger partial charge in [0.1, 0.15) is 0 Å². The van der Waals surface area contributed by atoms with E-state index >= 15 is 0 Å². The topological polar surface area (TPSA) is 38.1 Å². The summed E-state index contributed by atoms with van der Waals surface area (Å²) in [4.78, 5) is 8.37. The molecule has 2 aromatic rings. The van der Waals surface area contributed by atoms with E-state index in [1.54, 1.807) is 12.4 Å². The molecule has 0 radical (unpaired) electrons. The monoisotopic (exact) mass is 715 g/mol. The Morgan fingerprint density at radius 2 is 1.42 bits per heavy atom. The number of isothiocyanates is 1. The minimum atomic E-state index is -1.96. The molecule has 0 aromatic carbocycles. The first-order valence-corrected chi connectivity index (χ1v) is 31.6. The van der Waals surface area contributed by atoms with Crippen molar-refractivity contribution >= 4 is 80.0 Å². The van der Waals surface area contributed by atoms with Crippen LogP contribution >= 0.6 is 68.1 Å². The van der Waals surface area contributed by atoms with Crippen LogP contribution < -0.4 is 0 Å². The predicted molar refractivity (Wildman–Crippen MR) is 110 cm³/mol. The Hall–Kier alpha value is 1.09. The van der Waals surface area contributed by atoms with Crippen molar-refractivity contribution in [3.05, 3.63) is 48.8 Å². The molecule has 0 amide bonds. The molecule has 0 unspecified atom stereocenters. The quantitative estimate of drug-likeness (QED) is 0.191. The SMILES string of the molecule is S=C=[N][Sn]([I])([I])[I].c1ccc(-c2ccccn2)nc1. The van der Waals surface area contributed by atoms with Gasteiger partial charge in [0, 0.05) is 12.4 Å². The second-order valence-corrected chi connectivity index (χ2v) is 79.5. The summed E-state index contributed by atoms with van der Waals surface area (Å²) in [5.41, 5.74) is 1.83. The number of halogens is 3. The van der Waals surface area contributed by atoms with Gasteiger partial charge in [-0.05, 0) is 24.3 Å². The molecule has 0 atom stereocenters. The summed E-state index contributed by atoms with van der Waals surface area (Å²) in [5.74, 6) is 0. The normalized spacial score (nSPS) is 9.84. The molecule has 98 valence electrons. The molecule has 0 aliphatic carbocycles. The molecule has 19 heavy (non-hydrogen) atoms. The van der Waals surface area contributed by atoms with Crippen molar-refractivity contribution in [1.82, 2.24) is 9.97 Å². The number of aromatic nitrogens is 2. The number of rotatable bonds is 2. The summed E-state index contributed by atoms with van der Waals surface area (Å²) in [5, 5.41) is 2.39. The second-order valence-electron chi connectivity index (χ2n) is 3.10. The van der Waals surface area contributed by atoms with Crippen LogP contribution in [-0.2, 0) is 0 Å². The molecular formula is C11H8I3N3SSn. The van der Waals surface area contributed by atoms with Crippen molar-refractivity contribution in [3.8, 4) is 11.4 Å². The molecule has 0 aliphatic rings. The van der Waals surface area contributed by atoms with Gasteiger partial charge in [-0.2, -0.15) is 0 Å². The molecule has 0 bridgehead atoms. The summed E-state index contributed by atoms with van der Waals surface area (Å²) in [6.07, 6.45) is 3.54. The number of thiocarbonyl (C=S) groups is 1. The standard InChI is InChI=1S/C10H8N2.CNS.3HI.Sn/c1-3-7-11-9(5-1)10-6-2-4-8-12-10;2-1-3;;;;/h1-8H;;3*1H;/q;-1;;;;+4/p-3. The Bertz CT molecular complexity index is 505. The zero-order chi connectivity index (χ0) is 14.1. The van der Waals surface area contributed by atoms with Gasteiger partial charge in [-0.25, -0.2) is 0 Å². The van der Waals surface area contributed by atoms with Crippen LogP contribution in [0.25, 0.3) is 11.4 Å². The summed E-state index contributed by atoms with van der Waals surface area (Å²) in [6, 6.07) is 11.6. The molecular weight excluding hydrogens is 706 g/mol. The Morgan fingerprint density at radius 3 is 1.63 bits per heavy atom. The zero-order valence-corrected chi connectivity index (χ0v) is 19.6. The van der Waals surface area contributed by atoms with Crippen molar-refractivity contribution in [2.45, 2.75) is 0 Å². The smallest absolute Gasteiger partial charge is 0.0886 e. The van der Waals surface area contributed by atoms with Crippen LogP contribution in [0.15, 0.2) is 52.0 Å². The average molecular weight is 714 g/mol. The fourth-order valence-electron chi connectivity index (χ4n) is 1.08. The van der Waals surface area contributed by atoms with E-state index in [9.17, 15) is 0 Å². The van der Waals surface area contributed by atoms with Crippen LogP contribution in [0, 0.1) is 0 Å². The molecule has 0 spiro atoms. The Balaban J connectivity index is 0.000000224. The third kappa shape index (κ3) is 8.86. The van der Waals surface area contributed by atoms with Crippen molar-refractivity contribution in [3.63, 3.8) is 0 Å². The number of hydrogen-bond donors (Lipinski definition) is 0. The van der Waals surface area contributed by atoms with Gasteiger partial charge in [0.15, 0.2) is 0 Å². The van der Waals surface area contributed by atoms with Crippen LogP contribution in [0.1, 0.15) is 0 Å². The fraction of sp³-hybridized carbons (Fsp3) is 0. The van der Waals surface area contributed by atoms with E-state index in [0.717, 1.165) is 11.4 Å². The molecule has 2 aromatic heterocycles. The molecule has 8 heteroatoms. The Labute approximate surface area is 150 Å². The first kappa shape index (κ1) is 18.1. The van der Waals surface area contributed by atoms with E-state index in [1.165, 1.54) is 0 Å². The molecule has 2 rings (SSSR count). The largest absolute Gasteiger partial charge is 0.255 e. The maximum Gasteiger partial charge on any atom is 0.0886 e. The van der Waals surface area contributed by atoms with Gasteiger partial charge in [-0.15, -0.1) is 0 Å². The predicted octanol–water partition coefficient (Wildman–Crippen LogP) is 4.97. The Kier molecular flexibility index (Phi) is 9.47. The van der Waals surface area contributed by atoms with Crippen LogP contribution in [0.2, 0.25) is 0 Å². The third-order valence-electron chi connectivity index (χ3n) is 1.76. The van der Waals surface area contributed by atoms with Gasteiger partial charge in [-0.3, -0.25) is 9.97 Å². The molecule has 0 saturated carbocycles. The van der Waals surface area contributed by atoms with E-state index in [4.69, 9.17) is 0 Å². The van der Waals surface area contributed by atoms with Gasteiger partial charge in [0.2, 0.25) is 0 Å². The van der Waals surface area contributed by atoms with Crippen LogP contribution in [0.5, 0.6) is 0 Å². The average Bonchev–Trinajstić information content (AvgIpc) is 2.40. The molecule has 3 nitrogen and oxygen atoms in total. The van der Waals surface area contributed by atoms with Gasteiger partial charge in [0.05, 0.1) is 11.4 Å². The molecule has 0 aliphatic heterocycles. The summed E-state index contributed by atoms with van der Waals surface area (Å²) >= 11 is 11.5. The maximum atomic E-state index is 4.42.